The van der Waals surface area contributed by atoms with Gasteiger partial charge >= 0.3 is 0 Å². The summed E-state index contributed by atoms with van der Waals surface area (Å²) in [6.07, 6.45) is 1.57. The van der Waals surface area contributed by atoms with Gasteiger partial charge < -0.3 is 0 Å². The second kappa shape index (κ2) is 5.54. The van der Waals surface area contributed by atoms with Crippen LogP contribution in [0.25, 0.3) is 0 Å². The van der Waals surface area contributed by atoms with Gasteiger partial charge in [0.1, 0.15) is 4.90 Å². The second-order valence-corrected chi connectivity index (χ2v) is 6.00. The fourth-order valence-electron chi connectivity index (χ4n) is 1.88. The summed E-state index contributed by atoms with van der Waals surface area (Å²) >= 11 is 0. The standard InChI is InChI=1S/C13H17N3O2S/c1-3-14-19(17,18)13-10-16(15-11(13)2)9-12-7-5-4-6-8-12/h4-8,10,14H,3,9H2,1-2H3. The van der Waals surface area contributed by atoms with Crippen molar-refractivity contribution in [2.45, 2.75) is 25.3 Å². The van der Waals surface area contributed by atoms with Gasteiger partial charge in [0.2, 0.25) is 10.0 Å². The molecule has 0 amide bonds. The summed E-state index contributed by atoms with van der Waals surface area (Å²) in [4.78, 5) is 0.241. The number of sulfonamides is 1. The lowest BCUT2D eigenvalue weighted by atomic mass is 10.2. The first kappa shape index (κ1) is 13.8. The molecule has 1 aromatic heterocycles. The van der Waals surface area contributed by atoms with Crippen molar-refractivity contribution in [1.29, 1.82) is 0 Å². The topological polar surface area (TPSA) is 64.0 Å². The molecule has 5 nitrogen and oxygen atoms in total. The summed E-state index contributed by atoms with van der Waals surface area (Å²) in [5, 5.41) is 4.25. The molecule has 2 aromatic rings. The fraction of sp³-hybridized carbons (Fsp3) is 0.308. The molecule has 0 fully saturated rings. The number of nitrogens with zero attached hydrogens (tertiary/aromatic N) is 2. The Morgan fingerprint density at radius 1 is 1.26 bits per heavy atom. The smallest absolute Gasteiger partial charge is 0.243 e. The van der Waals surface area contributed by atoms with E-state index >= 15 is 0 Å². The van der Waals surface area contributed by atoms with Crippen molar-refractivity contribution in [3.8, 4) is 0 Å². The molecular formula is C13H17N3O2S. The molecule has 0 aliphatic carbocycles. The summed E-state index contributed by atoms with van der Waals surface area (Å²) < 4.78 is 28.0. The zero-order valence-electron chi connectivity index (χ0n) is 11.0. The van der Waals surface area contributed by atoms with Crippen molar-refractivity contribution >= 4 is 10.0 Å². The van der Waals surface area contributed by atoms with Crippen molar-refractivity contribution in [1.82, 2.24) is 14.5 Å². The molecule has 0 spiro atoms. The summed E-state index contributed by atoms with van der Waals surface area (Å²) in [6, 6.07) is 9.80. The van der Waals surface area contributed by atoms with Crippen molar-refractivity contribution in [2.75, 3.05) is 6.54 Å². The van der Waals surface area contributed by atoms with Gasteiger partial charge in [-0.15, -0.1) is 0 Å². The number of hydrogen-bond acceptors (Lipinski definition) is 3. The van der Waals surface area contributed by atoms with E-state index in [-0.39, 0.29) is 4.90 Å². The van der Waals surface area contributed by atoms with Gasteiger partial charge in [-0.25, -0.2) is 13.1 Å². The average Bonchev–Trinajstić information content (AvgIpc) is 2.72. The first-order chi connectivity index (χ1) is 9.03. The van der Waals surface area contributed by atoms with Crippen LogP contribution in [0.4, 0.5) is 0 Å². The largest absolute Gasteiger partial charge is 0.267 e. The highest BCUT2D eigenvalue weighted by Gasteiger charge is 2.19. The minimum Gasteiger partial charge on any atom is -0.267 e. The number of aryl methyl sites for hydroxylation is 1. The molecule has 0 radical (unpaired) electrons. The van der Waals surface area contributed by atoms with Crippen molar-refractivity contribution in [2.24, 2.45) is 0 Å². The Hall–Kier alpha value is -1.66. The van der Waals surface area contributed by atoms with Crippen molar-refractivity contribution in [3.63, 3.8) is 0 Å². The molecule has 0 saturated heterocycles. The fourth-order valence-corrected chi connectivity index (χ4v) is 3.11. The Balaban J connectivity index is 2.27. The van der Waals surface area contributed by atoms with E-state index < -0.39 is 10.0 Å². The van der Waals surface area contributed by atoms with Gasteiger partial charge in [0.15, 0.2) is 0 Å². The zero-order valence-corrected chi connectivity index (χ0v) is 11.8. The number of nitrogens with one attached hydrogen (secondary N) is 1. The molecule has 1 N–H and O–H groups in total. The van der Waals surface area contributed by atoms with E-state index in [0.717, 1.165) is 5.56 Å². The Morgan fingerprint density at radius 2 is 1.95 bits per heavy atom. The van der Waals surface area contributed by atoms with E-state index in [0.29, 0.717) is 18.8 Å². The van der Waals surface area contributed by atoms with Gasteiger partial charge in [0, 0.05) is 12.7 Å². The molecule has 0 saturated carbocycles. The molecular weight excluding hydrogens is 262 g/mol. The molecule has 102 valence electrons. The third-order valence-electron chi connectivity index (χ3n) is 2.71. The normalized spacial score (nSPS) is 11.7. The van der Waals surface area contributed by atoms with Crippen LogP contribution in [0.15, 0.2) is 41.4 Å². The second-order valence-electron chi connectivity index (χ2n) is 4.26. The van der Waals surface area contributed by atoms with Crippen molar-refractivity contribution in [3.05, 3.63) is 47.8 Å². The highest BCUT2D eigenvalue weighted by molar-refractivity contribution is 7.89. The average molecular weight is 279 g/mol. The van der Waals surface area contributed by atoms with E-state index in [2.05, 4.69) is 9.82 Å². The minimum atomic E-state index is -3.45. The van der Waals surface area contributed by atoms with Gasteiger partial charge in [-0.05, 0) is 12.5 Å². The van der Waals surface area contributed by atoms with Crippen LogP contribution in [-0.2, 0) is 16.6 Å². The lowest BCUT2D eigenvalue weighted by Crippen LogP contribution is -2.23. The Bertz CT molecular complexity index is 648. The first-order valence-corrected chi connectivity index (χ1v) is 7.59. The van der Waals surface area contributed by atoms with Crippen LogP contribution in [-0.4, -0.2) is 24.7 Å². The van der Waals surface area contributed by atoms with Gasteiger partial charge in [-0.1, -0.05) is 37.3 Å². The predicted molar refractivity (Wildman–Crippen MR) is 73.4 cm³/mol. The van der Waals surface area contributed by atoms with Crippen LogP contribution in [0.3, 0.4) is 0 Å². The SMILES string of the molecule is CCNS(=O)(=O)c1cn(Cc2ccccc2)nc1C. The number of benzene rings is 1. The molecule has 0 aliphatic heterocycles. The third kappa shape index (κ3) is 3.21. The highest BCUT2D eigenvalue weighted by atomic mass is 32.2. The number of rotatable bonds is 5. The Kier molecular flexibility index (Phi) is 4.01. The molecule has 19 heavy (non-hydrogen) atoms. The lowest BCUT2D eigenvalue weighted by molar-refractivity contribution is 0.583. The first-order valence-electron chi connectivity index (χ1n) is 6.10. The molecule has 0 bridgehead atoms. The maximum absolute atomic E-state index is 12.0. The summed E-state index contributed by atoms with van der Waals surface area (Å²) in [7, 11) is -3.45. The highest BCUT2D eigenvalue weighted by Crippen LogP contribution is 2.14. The molecule has 1 heterocycles. The van der Waals surface area contributed by atoms with E-state index in [4.69, 9.17) is 0 Å². The summed E-state index contributed by atoms with van der Waals surface area (Å²) in [6.45, 7) is 4.38. The van der Waals surface area contributed by atoms with Gasteiger partial charge in [-0.2, -0.15) is 5.10 Å². The number of hydrogen-bond donors (Lipinski definition) is 1. The van der Waals surface area contributed by atoms with Crippen LogP contribution in [0, 0.1) is 6.92 Å². The lowest BCUT2D eigenvalue weighted by Gasteiger charge is -2.02. The van der Waals surface area contributed by atoms with Crippen LogP contribution < -0.4 is 4.72 Å². The quantitative estimate of drug-likeness (QED) is 0.903. The molecule has 2 rings (SSSR count). The van der Waals surface area contributed by atoms with Crippen molar-refractivity contribution < 1.29 is 8.42 Å². The molecule has 6 heteroatoms. The Morgan fingerprint density at radius 3 is 2.58 bits per heavy atom. The molecule has 0 atom stereocenters. The van der Waals surface area contributed by atoms with E-state index in [1.165, 1.54) is 0 Å². The molecule has 0 unspecified atom stereocenters. The maximum atomic E-state index is 12.0. The monoisotopic (exact) mass is 279 g/mol. The zero-order chi connectivity index (χ0) is 13.9. The van der Waals surface area contributed by atoms with Crippen LogP contribution in [0.2, 0.25) is 0 Å². The Labute approximate surface area is 113 Å². The van der Waals surface area contributed by atoms with Gasteiger partial charge in [0.05, 0.1) is 12.2 Å². The number of aromatic nitrogens is 2. The minimum absolute atomic E-state index is 0.241. The van der Waals surface area contributed by atoms with Crippen LogP contribution in [0.5, 0.6) is 0 Å². The summed E-state index contributed by atoms with van der Waals surface area (Å²) in [5.74, 6) is 0. The van der Waals surface area contributed by atoms with Crippen LogP contribution >= 0.6 is 0 Å². The van der Waals surface area contributed by atoms with Gasteiger partial charge in [0.25, 0.3) is 0 Å². The van der Waals surface area contributed by atoms with E-state index in [1.54, 1.807) is 24.7 Å². The molecule has 0 aliphatic rings. The molecule has 1 aromatic carbocycles. The predicted octanol–water partition coefficient (Wildman–Crippen LogP) is 1.54. The maximum Gasteiger partial charge on any atom is 0.243 e. The summed E-state index contributed by atoms with van der Waals surface area (Å²) in [5.41, 5.74) is 1.59. The van der Waals surface area contributed by atoms with E-state index in [9.17, 15) is 8.42 Å². The van der Waals surface area contributed by atoms with Crippen LogP contribution in [0.1, 0.15) is 18.2 Å². The van der Waals surface area contributed by atoms with Gasteiger partial charge in [-0.3, -0.25) is 4.68 Å². The van der Waals surface area contributed by atoms with E-state index in [1.807, 2.05) is 30.3 Å². The third-order valence-corrected chi connectivity index (χ3v) is 4.36.